The second-order valence-corrected chi connectivity index (χ2v) is 4.21. The summed E-state index contributed by atoms with van der Waals surface area (Å²) in [6.45, 7) is 3.17. The van der Waals surface area contributed by atoms with Crippen LogP contribution in [0.3, 0.4) is 0 Å². The fraction of sp³-hybridized carbons (Fsp3) is 0.500. The second-order valence-electron chi connectivity index (χ2n) is 4.21. The van der Waals surface area contributed by atoms with Gasteiger partial charge < -0.3 is 10.1 Å². The summed E-state index contributed by atoms with van der Waals surface area (Å²) >= 11 is 0. The molecule has 2 heterocycles. The van der Waals surface area contributed by atoms with Gasteiger partial charge in [0, 0.05) is 18.4 Å². The van der Waals surface area contributed by atoms with Crippen LogP contribution in [0.4, 0.5) is 0 Å². The first kappa shape index (κ1) is 8.30. The van der Waals surface area contributed by atoms with Crippen LogP contribution in [0.2, 0.25) is 0 Å². The molecular formula is C12H15NO. The van der Waals surface area contributed by atoms with Crippen molar-refractivity contribution in [1.29, 1.82) is 0 Å². The highest BCUT2D eigenvalue weighted by Crippen LogP contribution is 2.39. The summed E-state index contributed by atoms with van der Waals surface area (Å²) in [7, 11) is 0. The van der Waals surface area contributed by atoms with Gasteiger partial charge in [-0.3, -0.25) is 0 Å². The minimum Gasteiger partial charge on any atom is -0.493 e. The predicted octanol–water partition coefficient (Wildman–Crippen LogP) is 1.77. The van der Waals surface area contributed by atoms with Gasteiger partial charge >= 0.3 is 0 Å². The lowest BCUT2D eigenvalue weighted by molar-refractivity contribution is 0.165. The van der Waals surface area contributed by atoms with E-state index in [2.05, 4.69) is 29.6 Å². The topological polar surface area (TPSA) is 21.3 Å². The average Bonchev–Trinajstić information content (AvgIpc) is 2.29. The maximum Gasteiger partial charge on any atom is 0.122 e. The van der Waals surface area contributed by atoms with E-state index in [1.54, 1.807) is 0 Å². The van der Waals surface area contributed by atoms with Crippen molar-refractivity contribution < 1.29 is 4.74 Å². The number of nitrogens with one attached hydrogen (secondary N) is 1. The number of hydrogen-bond acceptors (Lipinski definition) is 2. The summed E-state index contributed by atoms with van der Waals surface area (Å²) in [6, 6.07) is 8.45. The maximum atomic E-state index is 5.77. The van der Waals surface area contributed by atoms with Crippen LogP contribution in [0.5, 0.6) is 5.75 Å². The number of rotatable bonds is 0. The summed E-state index contributed by atoms with van der Waals surface area (Å²) in [5, 5.41) is 3.47. The van der Waals surface area contributed by atoms with Crippen molar-refractivity contribution in [2.45, 2.75) is 12.3 Å². The first-order chi connectivity index (χ1) is 6.95. The van der Waals surface area contributed by atoms with Crippen LogP contribution in [0.15, 0.2) is 24.3 Å². The van der Waals surface area contributed by atoms with Crippen LogP contribution in [-0.4, -0.2) is 19.7 Å². The molecule has 2 heteroatoms. The summed E-state index contributed by atoms with van der Waals surface area (Å²) in [5.74, 6) is 2.50. The van der Waals surface area contributed by atoms with Crippen molar-refractivity contribution in [2.75, 3.05) is 19.7 Å². The van der Waals surface area contributed by atoms with Crippen LogP contribution in [0, 0.1) is 5.92 Å². The molecule has 1 N–H and O–H groups in total. The lowest BCUT2D eigenvalue weighted by Crippen LogP contribution is -2.40. The summed E-state index contributed by atoms with van der Waals surface area (Å²) in [4.78, 5) is 0. The largest absolute Gasteiger partial charge is 0.493 e. The monoisotopic (exact) mass is 189 g/mol. The van der Waals surface area contributed by atoms with E-state index in [0.717, 1.165) is 31.4 Å². The van der Waals surface area contributed by atoms with Crippen LogP contribution >= 0.6 is 0 Å². The second kappa shape index (κ2) is 3.28. The molecule has 2 unspecified atom stereocenters. The summed E-state index contributed by atoms with van der Waals surface area (Å²) in [5.41, 5.74) is 1.40. The van der Waals surface area contributed by atoms with Crippen molar-refractivity contribution in [1.82, 2.24) is 5.32 Å². The predicted molar refractivity (Wildman–Crippen MR) is 55.7 cm³/mol. The van der Waals surface area contributed by atoms with Crippen molar-refractivity contribution in [3.8, 4) is 5.75 Å². The molecular weight excluding hydrogens is 174 g/mol. The van der Waals surface area contributed by atoms with Gasteiger partial charge in [-0.15, -0.1) is 0 Å². The molecule has 0 spiro atoms. The zero-order valence-corrected chi connectivity index (χ0v) is 8.20. The van der Waals surface area contributed by atoms with Gasteiger partial charge in [0.25, 0.3) is 0 Å². The first-order valence-corrected chi connectivity index (χ1v) is 5.37. The standard InChI is InChI=1S/C12H15NO/c1-2-4-12-10(3-1)11-7-13-6-5-9(11)8-14-12/h1-4,9,11,13H,5-8H2. The van der Waals surface area contributed by atoms with E-state index < -0.39 is 0 Å². The minimum absolute atomic E-state index is 0.675. The Morgan fingerprint density at radius 3 is 3.21 bits per heavy atom. The highest BCUT2D eigenvalue weighted by atomic mass is 16.5. The Bertz CT molecular complexity index is 337. The average molecular weight is 189 g/mol. The molecule has 0 saturated carbocycles. The fourth-order valence-electron chi connectivity index (χ4n) is 2.59. The Morgan fingerprint density at radius 2 is 2.21 bits per heavy atom. The number of benzene rings is 1. The van der Waals surface area contributed by atoms with Gasteiger partial charge in [0.2, 0.25) is 0 Å². The molecule has 1 aromatic rings. The van der Waals surface area contributed by atoms with E-state index in [1.165, 1.54) is 12.0 Å². The molecule has 1 fully saturated rings. The number of piperidine rings is 1. The van der Waals surface area contributed by atoms with Gasteiger partial charge in [0.15, 0.2) is 0 Å². The Morgan fingerprint density at radius 1 is 1.29 bits per heavy atom. The zero-order valence-electron chi connectivity index (χ0n) is 8.20. The molecule has 74 valence electrons. The molecule has 2 nitrogen and oxygen atoms in total. The van der Waals surface area contributed by atoms with Crippen molar-refractivity contribution in [3.05, 3.63) is 29.8 Å². The van der Waals surface area contributed by atoms with E-state index in [4.69, 9.17) is 4.74 Å². The van der Waals surface area contributed by atoms with E-state index in [0.29, 0.717) is 5.92 Å². The van der Waals surface area contributed by atoms with Gasteiger partial charge in [-0.25, -0.2) is 0 Å². The molecule has 2 aliphatic heterocycles. The van der Waals surface area contributed by atoms with E-state index in [1.807, 2.05) is 0 Å². The normalized spacial score (nSPS) is 30.0. The smallest absolute Gasteiger partial charge is 0.122 e. The van der Waals surface area contributed by atoms with Crippen LogP contribution in [0.25, 0.3) is 0 Å². The fourth-order valence-corrected chi connectivity index (χ4v) is 2.59. The van der Waals surface area contributed by atoms with Crippen molar-refractivity contribution in [2.24, 2.45) is 5.92 Å². The molecule has 0 radical (unpaired) electrons. The third-order valence-electron chi connectivity index (χ3n) is 3.40. The molecule has 0 amide bonds. The molecule has 2 atom stereocenters. The van der Waals surface area contributed by atoms with E-state index in [-0.39, 0.29) is 0 Å². The minimum atomic E-state index is 0.675. The van der Waals surface area contributed by atoms with Gasteiger partial charge in [-0.2, -0.15) is 0 Å². The van der Waals surface area contributed by atoms with Crippen molar-refractivity contribution >= 4 is 0 Å². The third-order valence-corrected chi connectivity index (χ3v) is 3.40. The molecule has 1 aromatic carbocycles. The number of hydrogen-bond donors (Lipinski definition) is 1. The number of fused-ring (bicyclic) bond motifs is 3. The number of ether oxygens (including phenoxy) is 1. The van der Waals surface area contributed by atoms with Gasteiger partial charge in [0.05, 0.1) is 6.61 Å². The molecule has 2 aliphatic rings. The Labute approximate surface area is 84.3 Å². The lowest BCUT2D eigenvalue weighted by Gasteiger charge is -2.37. The van der Waals surface area contributed by atoms with Gasteiger partial charge in [0.1, 0.15) is 5.75 Å². The van der Waals surface area contributed by atoms with Crippen molar-refractivity contribution in [3.63, 3.8) is 0 Å². The molecule has 0 aliphatic carbocycles. The summed E-state index contributed by atoms with van der Waals surface area (Å²) < 4.78 is 5.77. The number of para-hydroxylation sites is 1. The van der Waals surface area contributed by atoms with Crippen LogP contribution < -0.4 is 10.1 Å². The lowest BCUT2D eigenvalue weighted by atomic mass is 9.80. The molecule has 1 saturated heterocycles. The molecule has 14 heavy (non-hydrogen) atoms. The first-order valence-electron chi connectivity index (χ1n) is 5.37. The third kappa shape index (κ3) is 1.22. The van der Waals surface area contributed by atoms with Crippen LogP contribution in [0.1, 0.15) is 17.9 Å². The SMILES string of the molecule is c1ccc2c(c1)OCC1CCNCC21. The van der Waals surface area contributed by atoms with E-state index >= 15 is 0 Å². The van der Waals surface area contributed by atoms with Gasteiger partial charge in [-0.05, 0) is 24.6 Å². The highest BCUT2D eigenvalue weighted by Gasteiger charge is 2.32. The van der Waals surface area contributed by atoms with Gasteiger partial charge in [-0.1, -0.05) is 18.2 Å². The Kier molecular flexibility index (Phi) is 1.95. The summed E-state index contributed by atoms with van der Waals surface area (Å²) in [6.07, 6.45) is 1.25. The maximum absolute atomic E-state index is 5.77. The quantitative estimate of drug-likeness (QED) is 0.671. The Hall–Kier alpha value is -1.02. The molecule has 0 bridgehead atoms. The highest BCUT2D eigenvalue weighted by molar-refractivity contribution is 5.38. The van der Waals surface area contributed by atoms with Crippen LogP contribution in [-0.2, 0) is 0 Å². The molecule has 3 rings (SSSR count). The zero-order chi connectivity index (χ0) is 9.38. The Balaban J connectivity index is 1.99. The van der Waals surface area contributed by atoms with E-state index in [9.17, 15) is 0 Å². The molecule has 0 aromatic heterocycles.